The molecule has 31 heavy (non-hydrogen) atoms. The van der Waals surface area contributed by atoms with Crippen molar-refractivity contribution in [2.75, 3.05) is 6.61 Å². The van der Waals surface area contributed by atoms with Gasteiger partial charge in [0.15, 0.2) is 0 Å². The van der Waals surface area contributed by atoms with E-state index < -0.39 is 47.1 Å². The van der Waals surface area contributed by atoms with Gasteiger partial charge in [-0.3, -0.25) is 4.79 Å². The summed E-state index contributed by atoms with van der Waals surface area (Å²) in [6.07, 6.45) is -12.5. The number of carbonyl (C=O) groups excluding carboxylic acids is 1. The van der Waals surface area contributed by atoms with Gasteiger partial charge in [-0.05, 0) is 36.2 Å². The van der Waals surface area contributed by atoms with Crippen molar-refractivity contribution in [2.45, 2.75) is 43.4 Å². The summed E-state index contributed by atoms with van der Waals surface area (Å²) in [5.74, 6) is -0.453. The van der Waals surface area contributed by atoms with Gasteiger partial charge in [-0.1, -0.05) is 30.3 Å². The molecule has 2 aromatic carbocycles. The topological polar surface area (TPSA) is 58.6 Å². The van der Waals surface area contributed by atoms with E-state index in [1.165, 1.54) is 6.92 Å². The van der Waals surface area contributed by atoms with Gasteiger partial charge in [0.2, 0.25) is 5.91 Å². The average molecular weight is 447 g/mol. The Labute approximate surface area is 173 Å². The van der Waals surface area contributed by atoms with Gasteiger partial charge in [0, 0.05) is 0 Å². The van der Waals surface area contributed by atoms with E-state index >= 15 is 0 Å². The lowest BCUT2D eigenvalue weighted by atomic mass is 9.86. The number of hydrogen-bond acceptors (Lipinski definition) is 3. The van der Waals surface area contributed by atoms with Gasteiger partial charge < -0.3 is 15.2 Å². The first kappa shape index (κ1) is 23.1. The molecule has 0 saturated carbocycles. The standard InChI is InChI=1S/C21H19F6NO3/c1-12(13-7-15(20(22,23)24)9-16(8-13)21(25,26)27)31-11-19(14-5-3-2-4-6-14)17(29)10-18(30)28-19/h2-9,12,17,29H,10-11H2,1H3,(H,28,30)/t12-,17?,19-/m1/s1. The molecule has 1 fully saturated rings. The van der Waals surface area contributed by atoms with Crippen LogP contribution in [0.1, 0.15) is 41.7 Å². The number of aliphatic hydroxyl groups excluding tert-OH is 1. The lowest BCUT2D eigenvalue weighted by Gasteiger charge is -2.34. The molecule has 1 heterocycles. The average Bonchev–Trinajstić information content (AvgIpc) is 2.99. The van der Waals surface area contributed by atoms with Crippen LogP contribution in [-0.4, -0.2) is 23.7 Å². The first-order valence-corrected chi connectivity index (χ1v) is 9.28. The first-order chi connectivity index (χ1) is 14.3. The number of amides is 1. The van der Waals surface area contributed by atoms with E-state index in [9.17, 15) is 36.2 Å². The number of hydrogen-bond donors (Lipinski definition) is 2. The Morgan fingerprint density at radius 3 is 2.06 bits per heavy atom. The van der Waals surface area contributed by atoms with Gasteiger partial charge in [0.1, 0.15) is 5.54 Å². The van der Waals surface area contributed by atoms with Gasteiger partial charge in [-0.15, -0.1) is 0 Å². The van der Waals surface area contributed by atoms with E-state index in [2.05, 4.69) is 5.32 Å². The fourth-order valence-corrected chi connectivity index (χ4v) is 3.52. The third kappa shape index (κ3) is 4.85. The third-order valence-corrected chi connectivity index (χ3v) is 5.24. The molecule has 4 nitrogen and oxygen atoms in total. The number of aliphatic hydroxyl groups is 1. The maximum absolute atomic E-state index is 13.1. The Morgan fingerprint density at radius 2 is 1.61 bits per heavy atom. The maximum atomic E-state index is 13.1. The van der Waals surface area contributed by atoms with Crippen LogP contribution in [0.15, 0.2) is 48.5 Å². The van der Waals surface area contributed by atoms with E-state index in [0.717, 1.165) is 0 Å². The highest BCUT2D eigenvalue weighted by molar-refractivity contribution is 5.81. The van der Waals surface area contributed by atoms with Crippen LogP contribution in [-0.2, 0) is 27.4 Å². The van der Waals surface area contributed by atoms with Crippen LogP contribution >= 0.6 is 0 Å². The number of alkyl halides is 6. The summed E-state index contributed by atoms with van der Waals surface area (Å²) in [5.41, 5.74) is -4.09. The van der Waals surface area contributed by atoms with Crippen LogP contribution < -0.4 is 5.32 Å². The smallest absolute Gasteiger partial charge is 0.390 e. The Bertz CT molecular complexity index is 912. The molecule has 1 unspecified atom stereocenters. The van der Waals surface area contributed by atoms with Gasteiger partial charge in [-0.2, -0.15) is 26.3 Å². The molecule has 2 aromatic rings. The molecule has 3 atom stereocenters. The summed E-state index contributed by atoms with van der Waals surface area (Å²) < 4.78 is 84.3. The van der Waals surface area contributed by atoms with E-state index in [0.29, 0.717) is 17.7 Å². The maximum Gasteiger partial charge on any atom is 0.416 e. The van der Waals surface area contributed by atoms with Crippen molar-refractivity contribution in [1.29, 1.82) is 0 Å². The molecule has 10 heteroatoms. The molecule has 3 rings (SSSR count). The second kappa shape index (κ2) is 8.16. The molecular formula is C21H19F6NO3. The van der Waals surface area contributed by atoms with Crippen LogP contribution in [0.25, 0.3) is 0 Å². The second-order valence-corrected chi connectivity index (χ2v) is 7.40. The Hall–Kier alpha value is -2.59. The molecule has 1 amide bonds. The van der Waals surface area contributed by atoms with Crippen LogP contribution in [0.5, 0.6) is 0 Å². The predicted octanol–water partition coefficient (Wildman–Crippen LogP) is 4.58. The first-order valence-electron chi connectivity index (χ1n) is 9.28. The minimum absolute atomic E-state index is 0.0443. The van der Waals surface area contributed by atoms with E-state index in [4.69, 9.17) is 4.74 Å². The van der Waals surface area contributed by atoms with E-state index in [-0.39, 0.29) is 24.7 Å². The number of halogens is 6. The lowest BCUT2D eigenvalue weighted by molar-refractivity contribution is -0.143. The second-order valence-electron chi connectivity index (χ2n) is 7.40. The SMILES string of the molecule is C[C@@H](OC[C@]1(c2ccccc2)NC(=O)CC1O)c1cc(C(F)(F)F)cc(C(F)(F)F)c1. The number of ether oxygens (including phenoxy) is 1. The summed E-state index contributed by atoms with van der Waals surface area (Å²) in [7, 11) is 0. The minimum Gasteiger partial charge on any atom is -0.390 e. The molecule has 1 saturated heterocycles. The van der Waals surface area contributed by atoms with Crippen LogP contribution in [0.4, 0.5) is 26.3 Å². The van der Waals surface area contributed by atoms with Crippen LogP contribution in [0.3, 0.4) is 0 Å². The minimum atomic E-state index is -4.98. The number of nitrogens with one attached hydrogen (secondary N) is 1. The lowest BCUT2D eigenvalue weighted by Crippen LogP contribution is -2.49. The van der Waals surface area contributed by atoms with Crippen molar-refractivity contribution in [2.24, 2.45) is 0 Å². The highest BCUT2D eigenvalue weighted by Gasteiger charge is 2.48. The molecule has 0 radical (unpaired) electrons. The Balaban J connectivity index is 1.92. The highest BCUT2D eigenvalue weighted by Crippen LogP contribution is 2.39. The van der Waals surface area contributed by atoms with E-state index in [1.54, 1.807) is 30.3 Å². The molecule has 0 spiro atoms. The molecule has 2 N–H and O–H groups in total. The molecule has 1 aliphatic rings. The fourth-order valence-electron chi connectivity index (χ4n) is 3.52. The van der Waals surface area contributed by atoms with Gasteiger partial charge in [0.05, 0.1) is 36.4 Å². The monoisotopic (exact) mass is 447 g/mol. The summed E-state index contributed by atoms with van der Waals surface area (Å²) in [5, 5.41) is 13.1. The van der Waals surface area contributed by atoms with Crippen molar-refractivity contribution < 1.29 is 41.0 Å². The molecular weight excluding hydrogens is 428 g/mol. The normalized spacial score (nSPS) is 23.0. The molecule has 1 aliphatic heterocycles. The van der Waals surface area contributed by atoms with Crippen LogP contribution in [0.2, 0.25) is 0 Å². The molecule has 168 valence electrons. The Morgan fingerprint density at radius 1 is 1.06 bits per heavy atom. The van der Waals surface area contributed by atoms with Crippen molar-refractivity contribution in [3.63, 3.8) is 0 Å². The van der Waals surface area contributed by atoms with Crippen molar-refractivity contribution in [3.8, 4) is 0 Å². The third-order valence-electron chi connectivity index (χ3n) is 5.24. The highest BCUT2D eigenvalue weighted by atomic mass is 19.4. The van der Waals surface area contributed by atoms with Crippen molar-refractivity contribution in [3.05, 3.63) is 70.8 Å². The van der Waals surface area contributed by atoms with Gasteiger partial charge in [0.25, 0.3) is 0 Å². The molecule has 0 aliphatic carbocycles. The Kier molecular flexibility index (Phi) is 6.07. The van der Waals surface area contributed by atoms with E-state index in [1.807, 2.05) is 0 Å². The number of carbonyl (C=O) groups is 1. The van der Waals surface area contributed by atoms with Crippen molar-refractivity contribution in [1.82, 2.24) is 5.32 Å². The fraction of sp³-hybridized carbons (Fsp3) is 0.381. The zero-order valence-corrected chi connectivity index (χ0v) is 16.2. The van der Waals surface area contributed by atoms with Crippen molar-refractivity contribution >= 4 is 5.91 Å². The molecule has 0 bridgehead atoms. The summed E-state index contributed by atoms with van der Waals surface area (Å²) in [6.45, 7) is 0.945. The summed E-state index contributed by atoms with van der Waals surface area (Å²) in [6, 6.07) is 9.55. The predicted molar refractivity (Wildman–Crippen MR) is 97.7 cm³/mol. The number of rotatable bonds is 5. The summed E-state index contributed by atoms with van der Waals surface area (Å²) in [4.78, 5) is 11.9. The van der Waals surface area contributed by atoms with Gasteiger partial charge in [-0.25, -0.2) is 0 Å². The zero-order valence-electron chi connectivity index (χ0n) is 16.2. The van der Waals surface area contributed by atoms with Gasteiger partial charge >= 0.3 is 12.4 Å². The zero-order chi connectivity index (χ0) is 23.0. The molecule has 0 aromatic heterocycles. The quantitative estimate of drug-likeness (QED) is 0.660. The number of benzene rings is 2. The summed E-state index contributed by atoms with van der Waals surface area (Å²) >= 11 is 0. The van der Waals surface area contributed by atoms with Crippen LogP contribution in [0, 0.1) is 0 Å². The largest absolute Gasteiger partial charge is 0.416 e.